The van der Waals surface area contributed by atoms with E-state index in [0.717, 1.165) is 24.8 Å². The summed E-state index contributed by atoms with van der Waals surface area (Å²) in [4.78, 5) is 27.5. The average Bonchev–Trinajstić information content (AvgIpc) is 3.11. The van der Waals surface area contributed by atoms with Gasteiger partial charge in [-0.3, -0.25) is 9.48 Å². The van der Waals surface area contributed by atoms with Crippen molar-refractivity contribution in [2.24, 2.45) is 13.0 Å². The summed E-state index contributed by atoms with van der Waals surface area (Å²) in [7, 11) is 1.82. The number of Topliss-reactive ketones (excluding diaryl/α,β-unsaturated/α-hetero) is 1. The summed E-state index contributed by atoms with van der Waals surface area (Å²) in [5.74, 6) is 0.0400. The number of fused-ring (bicyclic) bond motifs is 2. The van der Waals surface area contributed by atoms with Crippen molar-refractivity contribution >= 4 is 11.9 Å². The second-order valence-electron chi connectivity index (χ2n) is 7.59. The Labute approximate surface area is 159 Å². The molecule has 1 amide bonds. The van der Waals surface area contributed by atoms with Crippen molar-refractivity contribution in [1.82, 2.24) is 14.7 Å². The number of nitrogens with zero attached hydrogens (tertiary/aromatic N) is 3. The molecule has 0 saturated carbocycles. The Kier molecular flexibility index (Phi) is 4.97. The lowest BCUT2D eigenvalue weighted by Crippen LogP contribution is -2.55. The Morgan fingerprint density at radius 1 is 1.11 bits per heavy atom. The van der Waals surface area contributed by atoms with Crippen LogP contribution in [0.2, 0.25) is 0 Å². The molecule has 2 fully saturated rings. The Hall–Kier alpha value is -2.63. The van der Waals surface area contributed by atoms with Crippen LogP contribution in [0, 0.1) is 5.92 Å². The number of benzene rings is 1. The molecule has 2 atom stereocenters. The van der Waals surface area contributed by atoms with Crippen LogP contribution in [0.1, 0.15) is 48.2 Å². The maximum atomic E-state index is 12.8. The summed E-state index contributed by atoms with van der Waals surface area (Å²) in [5, 5.41) is 4.26. The number of hydrogen-bond donors (Lipinski definition) is 0. The van der Waals surface area contributed by atoms with Crippen molar-refractivity contribution < 1.29 is 14.3 Å². The van der Waals surface area contributed by atoms with Crippen LogP contribution in [0.5, 0.6) is 0 Å². The molecular formula is C21H25N3O3. The van der Waals surface area contributed by atoms with Gasteiger partial charge in [-0.25, -0.2) is 4.79 Å². The highest BCUT2D eigenvalue weighted by Gasteiger charge is 2.44. The lowest BCUT2D eigenvalue weighted by atomic mass is 9.76. The molecule has 1 aromatic carbocycles. The Morgan fingerprint density at radius 2 is 1.81 bits per heavy atom. The molecule has 142 valence electrons. The summed E-state index contributed by atoms with van der Waals surface area (Å²) in [6.07, 6.45) is 5.91. The van der Waals surface area contributed by atoms with Crippen molar-refractivity contribution in [3.05, 3.63) is 53.9 Å². The van der Waals surface area contributed by atoms with Crippen LogP contribution in [-0.4, -0.2) is 38.6 Å². The van der Waals surface area contributed by atoms with Gasteiger partial charge in [0.1, 0.15) is 12.3 Å². The summed E-state index contributed by atoms with van der Waals surface area (Å²) in [6.45, 7) is 0.284. The molecule has 6 heteroatoms. The molecule has 2 saturated heterocycles. The SMILES string of the molecule is Cn1ccc(C(=O)C2CC3CCCC(C2)N3C(=O)OCc2ccccc2)n1. The zero-order valence-corrected chi connectivity index (χ0v) is 15.6. The van der Waals surface area contributed by atoms with Gasteiger partial charge < -0.3 is 9.64 Å². The fourth-order valence-electron chi connectivity index (χ4n) is 4.44. The van der Waals surface area contributed by atoms with Gasteiger partial charge in [0.15, 0.2) is 5.78 Å². The van der Waals surface area contributed by atoms with Crippen LogP contribution in [0.15, 0.2) is 42.6 Å². The zero-order chi connectivity index (χ0) is 18.8. The van der Waals surface area contributed by atoms with E-state index in [2.05, 4.69) is 5.10 Å². The molecule has 2 aliphatic heterocycles. The van der Waals surface area contributed by atoms with E-state index < -0.39 is 0 Å². The standard InChI is InChI=1S/C21H25N3O3/c1-23-11-10-19(22-23)20(25)16-12-17-8-5-9-18(13-16)24(17)21(26)27-14-15-6-3-2-4-7-15/h2-4,6-7,10-11,16-18H,5,8-9,12-14H2,1H3. The van der Waals surface area contributed by atoms with E-state index in [9.17, 15) is 9.59 Å². The van der Waals surface area contributed by atoms with Crippen molar-refractivity contribution in [3.63, 3.8) is 0 Å². The summed E-state index contributed by atoms with van der Waals surface area (Å²) < 4.78 is 7.23. The number of carbonyl (C=O) groups excluding carboxylic acids is 2. The van der Waals surface area contributed by atoms with Crippen LogP contribution in [0.4, 0.5) is 4.79 Å². The van der Waals surface area contributed by atoms with Gasteiger partial charge in [-0.15, -0.1) is 0 Å². The Bertz CT molecular complexity index is 803. The molecular weight excluding hydrogens is 342 g/mol. The van der Waals surface area contributed by atoms with Crippen molar-refractivity contribution in [1.29, 1.82) is 0 Å². The van der Waals surface area contributed by atoms with Crippen LogP contribution in [0.25, 0.3) is 0 Å². The lowest BCUT2D eigenvalue weighted by molar-refractivity contribution is 0.00462. The minimum absolute atomic E-state index is 0.0617. The molecule has 2 aromatic rings. The number of aryl methyl sites for hydroxylation is 1. The number of carbonyl (C=O) groups is 2. The minimum atomic E-state index is -0.253. The quantitative estimate of drug-likeness (QED) is 0.775. The highest BCUT2D eigenvalue weighted by atomic mass is 16.6. The van der Waals surface area contributed by atoms with E-state index in [4.69, 9.17) is 4.74 Å². The maximum absolute atomic E-state index is 12.8. The minimum Gasteiger partial charge on any atom is -0.445 e. The molecule has 1 aromatic heterocycles. The van der Waals surface area contributed by atoms with Crippen LogP contribution in [0.3, 0.4) is 0 Å². The van der Waals surface area contributed by atoms with Gasteiger partial charge in [0.25, 0.3) is 0 Å². The molecule has 27 heavy (non-hydrogen) atoms. The third-order valence-electron chi connectivity index (χ3n) is 5.73. The van der Waals surface area contributed by atoms with E-state index in [1.807, 2.05) is 42.3 Å². The van der Waals surface area contributed by atoms with Crippen molar-refractivity contribution in [3.8, 4) is 0 Å². The number of piperidine rings is 2. The molecule has 2 unspecified atom stereocenters. The first kappa shape index (κ1) is 17.8. The van der Waals surface area contributed by atoms with Gasteiger partial charge in [0, 0.05) is 31.2 Å². The molecule has 6 nitrogen and oxygen atoms in total. The Morgan fingerprint density at radius 3 is 2.44 bits per heavy atom. The van der Waals surface area contributed by atoms with Gasteiger partial charge in [-0.2, -0.15) is 5.10 Å². The van der Waals surface area contributed by atoms with Crippen LogP contribution < -0.4 is 0 Å². The topological polar surface area (TPSA) is 64.4 Å². The molecule has 4 rings (SSSR count). The number of hydrogen-bond acceptors (Lipinski definition) is 4. The van der Waals surface area contributed by atoms with E-state index in [1.54, 1.807) is 16.9 Å². The fourth-order valence-corrected chi connectivity index (χ4v) is 4.44. The second-order valence-corrected chi connectivity index (χ2v) is 7.59. The van der Waals surface area contributed by atoms with E-state index in [-0.39, 0.29) is 36.5 Å². The first-order valence-electron chi connectivity index (χ1n) is 9.64. The Balaban J connectivity index is 1.42. The van der Waals surface area contributed by atoms with E-state index in [1.165, 1.54) is 0 Å². The van der Waals surface area contributed by atoms with Crippen LogP contribution >= 0.6 is 0 Å². The first-order valence-corrected chi connectivity index (χ1v) is 9.64. The van der Waals surface area contributed by atoms with Gasteiger partial charge >= 0.3 is 6.09 Å². The number of ether oxygens (including phenoxy) is 1. The number of aromatic nitrogens is 2. The third-order valence-corrected chi connectivity index (χ3v) is 5.73. The third kappa shape index (κ3) is 3.75. The van der Waals surface area contributed by atoms with Crippen molar-refractivity contribution in [2.45, 2.75) is 50.8 Å². The molecule has 0 N–H and O–H groups in total. The van der Waals surface area contributed by atoms with Gasteiger partial charge in [-0.05, 0) is 43.7 Å². The molecule has 0 aliphatic carbocycles. The summed E-state index contributed by atoms with van der Waals surface area (Å²) in [6, 6.07) is 11.7. The molecule has 2 bridgehead atoms. The fraction of sp³-hybridized carbons (Fsp3) is 0.476. The first-order chi connectivity index (χ1) is 13.1. The van der Waals surface area contributed by atoms with Gasteiger partial charge in [0.2, 0.25) is 0 Å². The van der Waals surface area contributed by atoms with E-state index in [0.29, 0.717) is 18.5 Å². The van der Waals surface area contributed by atoms with E-state index >= 15 is 0 Å². The predicted molar refractivity (Wildman–Crippen MR) is 100 cm³/mol. The number of rotatable bonds is 4. The molecule has 0 radical (unpaired) electrons. The molecule has 3 heterocycles. The molecule has 2 aliphatic rings. The predicted octanol–water partition coefficient (Wildman–Crippen LogP) is 3.57. The second kappa shape index (κ2) is 7.55. The highest BCUT2D eigenvalue weighted by Crippen LogP contribution is 2.38. The number of amides is 1. The van der Waals surface area contributed by atoms with Gasteiger partial charge in [0.05, 0.1) is 0 Å². The lowest BCUT2D eigenvalue weighted by Gasteiger charge is -2.47. The largest absolute Gasteiger partial charge is 0.445 e. The normalized spacial score (nSPS) is 24.5. The molecule has 0 spiro atoms. The highest BCUT2D eigenvalue weighted by molar-refractivity contribution is 5.96. The number of ketones is 1. The smallest absolute Gasteiger partial charge is 0.410 e. The zero-order valence-electron chi connectivity index (χ0n) is 15.6. The van der Waals surface area contributed by atoms with Crippen molar-refractivity contribution in [2.75, 3.05) is 0 Å². The van der Waals surface area contributed by atoms with Crippen LogP contribution in [-0.2, 0) is 18.4 Å². The monoisotopic (exact) mass is 367 g/mol. The summed E-state index contributed by atoms with van der Waals surface area (Å²) >= 11 is 0. The average molecular weight is 367 g/mol. The maximum Gasteiger partial charge on any atom is 0.410 e. The van der Waals surface area contributed by atoms with Gasteiger partial charge in [-0.1, -0.05) is 30.3 Å². The summed E-state index contributed by atoms with van der Waals surface area (Å²) in [5.41, 5.74) is 1.51.